The summed E-state index contributed by atoms with van der Waals surface area (Å²) < 4.78 is 1.10. The van der Waals surface area contributed by atoms with Crippen molar-refractivity contribution >= 4 is 33.7 Å². The predicted octanol–water partition coefficient (Wildman–Crippen LogP) is 8.50. The van der Waals surface area contributed by atoms with Crippen LogP contribution < -0.4 is 0 Å². The van der Waals surface area contributed by atoms with E-state index in [1.165, 1.54) is 36.8 Å². The van der Waals surface area contributed by atoms with Crippen LogP contribution in [0.4, 0.5) is 0 Å². The molecule has 4 nitrogen and oxygen atoms in total. The maximum atomic E-state index is 13.0. The molecule has 2 unspecified atom stereocenters. The Morgan fingerprint density at radius 2 is 1.65 bits per heavy atom. The largest absolute Gasteiger partial charge is 0.478 e. The predicted molar refractivity (Wildman–Crippen MR) is 169 cm³/mol. The van der Waals surface area contributed by atoms with Crippen LogP contribution in [0, 0.1) is 39.9 Å². The van der Waals surface area contributed by atoms with E-state index in [0.717, 1.165) is 36.6 Å². The lowest BCUT2D eigenvalue weighted by Crippen LogP contribution is -2.65. The number of aliphatic carboxylic acids is 1. The number of carbonyl (C=O) groups is 1. The van der Waals surface area contributed by atoms with Gasteiger partial charge in [-0.2, -0.15) is 11.8 Å². The summed E-state index contributed by atoms with van der Waals surface area (Å²) in [5.74, 6) is 0.210. The lowest BCUT2D eigenvalue weighted by Gasteiger charge is -2.69. The molecular weight excluding hydrogens is 584 g/mol. The molecule has 5 aliphatic rings. The van der Waals surface area contributed by atoms with Gasteiger partial charge in [0.2, 0.25) is 0 Å². The van der Waals surface area contributed by atoms with Crippen LogP contribution in [0.3, 0.4) is 0 Å². The second kappa shape index (κ2) is 11.3. The highest BCUT2D eigenvalue weighted by Crippen LogP contribution is 2.75. The Morgan fingerprint density at radius 3 is 2.27 bits per heavy atom. The molecule has 5 aliphatic carbocycles. The van der Waals surface area contributed by atoms with Gasteiger partial charge in [0.15, 0.2) is 0 Å². The first-order valence-corrected chi connectivity index (χ1v) is 17.8. The molecule has 0 bridgehead atoms. The van der Waals surface area contributed by atoms with Crippen LogP contribution in [0.1, 0.15) is 119 Å². The molecule has 0 heterocycles. The summed E-state index contributed by atoms with van der Waals surface area (Å²) in [6.07, 6.45) is 11.3. The van der Waals surface area contributed by atoms with Gasteiger partial charge in [-0.05, 0) is 128 Å². The van der Waals surface area contributed by atoms with Gasteiger partial charge in [-0.25, -0.2) is 4.79 Å². The van der Waals surface area contributed by atoms with Crippen molar-refractivity contribution in [2.75, 3.05) is 0 Å². The minimum Gasteiger partial charge on any atom is -0.478 e. The second-order valence-corrected chi connectivity index (χ2v) is 17.6. The fourth-order valence-electron chi connectivity index (χ4n) is 10.8. The van der Waals surface area contributed by atoms with Gasteiger partial charge in [0.25, 0.3) is 0 Å². The summed E-state index contributed by atoms with van der Waals surface area (Å²) in [7, 11) is 0. The Balaban J connectivity index is 1.59. The van der Waals surface area contributed by atoms with E-state index in [-0.39, 0.29) is 45.4 Å². The molecule has 6 heteroatoms. The third-order valence-corrected chi connectivity index (χ3v) is 15.9. The molecule has 5 fully saturated rings. The highest BCUT2D eigenvalue weighted by molar-refractivity contribution is 9.11. The molecule has 0 aromatic heterocycles. The number of aliphatic hydroxyl groups is 2. The number of halogens is 1. The molecule has 0 amide bonds. The van der Waals surface area contributed by atoms with E-state index in [4.69, 9.17) is 0 Å². The van der Waals surface area contributed by atoms with Gasteiger partial charge >= 0.3 is 5.97 Å². The van der Waals surface area contributed by atoms with Crippen molar-refractivity contribution in [1.82, 2.24) is 0 Å². The van der Waals surface area contributed by atoms with Gasteiger partial charge in [-0.1, -0.05) is 62.0 Å². The van der Waals surface area contributed by atoms with Crippen LogP contribution in [0.25, 0.3) is 0 Å². The summed E-state index contributed by atoms with van der Waals surface area (Å²) in [4.78, 5) is 13.0. The maximum absolute atomic E-state index is 13.0. The molecule has 5 rings (SSSR count). The summed E-state index contributed by atoms with van der Waals surface area (Å²) >= 11 is 5.78. The SMILES string of the molecule is CC(C)=C(Br)CC/C(C(=O)O)=C1\C2C[C@@H](O)[C@H]3[C@@]4(C)CC[C@@H](O)[C@@H](C)C4CC[C@]3(C)[C@@]2(C)C[C@@H]1SC1CCCC1. The maximum Gasteiger partial charge on any atom is 0.331 e. The van der Waals surface area contributed by atoms with E-state index in [1.807, 2.05) is 0 Å². The van der Waals surface area contributed by atoms with Gasteiger partial charge in [-0.15, -0.1) is 0 Å². The summed E-state index contributed by atoms with van der Waals surface area (Å²) in [6, 6.07) is 0. The number of hydrogen-bond donors (Lipinski definition) is 3. The van der Waals surface area contributed by atoms with Crippen molar-refractivity contribution in [3.05, 3.63) is 21.2 Å². The molecule has 226 valence electrons. The molecule has 0 radical (unpaired) electrons. The zero-order valence-corrected chi connectivity index (χ0v) is 28.0. The first-order chi connectivity index (χ1) is 18.7. The Kier molecular flexibility index (Phi) is 8.81. The normalized spacial score (nSPS) is 46.4. The zero-order valence-electron chi connectivity index (χ0n) is 25.6. The smallest absolute Gasteiger partial charge is 0.331 e. The zero-order chi connectivity index (χ0) is 29.2. The number of rotatable bonds is 6. The number of carboxylic acid groups (broad SMARTS) is 1. The van der Waals surface area contributed by atoms with Gasteiger partial charge in [0, 0.05) is 16.1 Å². The van der Waals surface area contributed by atoms with Crippen molar-refractivity contribution in [3.8, 4) is 0 Å². The topological polar surface area (TPSA) is 77.8 Å². The number of carboxylic acids is 1. The first kappa shape index (κ1) is 31.1. The van der Waals surface area contributed by atoms with Crippen LogP contribution in [0.5, 0.6) is 0 Å². The lowest BCUT2D eigenvalue weighted by molar-refractivity contribution is -0.233. The first-order valence-electron chi connectivity index (χ1n) is 16.0. The van der Waals surface area contributed by atoms with Gasteiger partial charge in [0.05, 0.1) is 12.2 Å². The summed E-state index contributed by atoms with van der Waals surface area (Å²) in [5, 5.41) is 34.4. The van der Waals surface area contributed by atoms with E-state index in [1.54, 1.807) is 0 Å². The third kappa shape index (κ3) is 4.91. The molecule has 0 aliphatic heterocycles. The lowest BCUT2D eigenvalue weighted by atomic mass is 9.36. The second-order valence-electron chi connectivity index (χ2n) is 15.2. The van der Waals surface area contributed by atoms with E-state index < -0.39 is 12.1 Å². The van der Waals surface area contributed by atoms with E-state index in [0.29, 0.717) is 36.0 Å². The molecule has 3 N–H and O–H groups in total. The molecule has 10 atom stereocenters. The van der Waals surface area contributed by atoms with Crippen molar-refractivity contribution in [3.63, 3.8) is 0 Å². The Labute approximate surface area is 255 Å². The van der Waals surface area contributed by atoms with Crippen LogP contribution in [0.2, 0.25) is 0 Å². The van der Waals surface area contributed by atoms with Crippen LogP contribution in [0.15, 0.2) is 21.2 Å². The van der Waals surface area contributed by atoms with Gasteiger partial charge in [-0.3, -0.25) is 0 Å². The van der Waals surface area contributed by atoms with Gasteiger partial charge in [0.1, 0.15) is 0 Å². The number of allylic oxidation sites excluding steroid dienone is 2. The molecule has 0 aromatic carbocycles. The van der Waals surface area contributed by atoms with Crippen LogP contribution >= 0.6 is 27.7 Å². The highest BCUT2D eigenvalue weighted by Gasteiger charge is 2.70. The van der Waals surface area contributed by atoms with Gasteiger partial charge < -0.3 is 15.3 Å². The minimum absolute atomic E-state index is 0.00351. The van der Waals surface area contributed by atoms with E-state index in [2.05, 4.69) is 69.2 Å². The molecular formula is C34H53BrO4S. The Hall–Kier alpha value is -0.300. The molecule has 40 heavy (non-hydrogen) atoms. The number of thioether (sulfide) groups is 1. The number of hydrogen-bond acceptors (Lipinski definition) is 4. The number of fused-ring (bicyclic) bond motifs is 5. The van der Waals surface area contributed by atoms with Crippen molar-refractivity contribution in [1.29, 1.82) is 0 Å². The average molecular weight is 638 g/mol. The fraction of sp³-hybridized carbons (Fsp3) is 0.853. The third-order valence-electron chi connectivity index (χ3n) is 13.1. The standard InChI is InChI=1S/C34H53BrO4S/c1-19(2)25(35)12-11-22(31(38)39)29-24-17-27(37)30-32(4)15-14-26(36)20(3)23(32)13-16-33(30,5)34(24,6)18-28(29)40-21-9-7-8-10-21/h20-21,23-24,26-28,30,36-37H,7-18H2,1-6H3,(H,38,39)/b29-22-/t20-,23?,24?,26+,27+,28-,30-,32-,33-,34-/m0/s1. The average Bonchev–Trinajstić information content (AvgIpc) is 3.48. The molecule has 0 saturated heterocycles. The van der Waals surface area contributed by atoms with Crippen LogP contribution in [-0.2, 0) is 4.79 Å². The summed E-state index contributed by atoms with van der Waals surface area (Å²) in [6.45, 7) is 13.7. The van der Waals surface area contributed by atoms with E-state index in [9.17, 15) is 20.1 Å². The van der Waals surface area contributed by atoms with E-state index >= 15 is 0 Å². The number of aliphatic hydroxyl groups excluding tert-OH is 2. The van der Waals surface area contributed by atoms with Crippen molar-refractivity contribution < 1.29 is 20.1 Å². The highest BCUT2D eigenvalue weighted by atomic mass is 79.9. The Bertz CT molecular complexity index is 1060. The van der Waals surface area contributed by atoms with Crippen molar-refractivity contribution in [2.24, 2.45) is 39.9 Å². The Morgan fingerprint density at radius 1 is 0.975 bits per heavy atom. The molecule has 0 spiro atoms. The van der Waals surface area contributed by atoms with Crippen LogP contribution in [-0.4, -0.2) is 44.0 Å². The molecule has 5 saturated carbocycles. The fourth-order valence-corrected chi connectivity index (χ4v) is 13.0. The monoisotopic (exact) mass is 636 g/mol. The minimum atomic E-state index is -0.766. The quantitative estimate of drug-likeness (QED) is 0.255. The van der Waals surface area contributed by atoms with Crippen molar-refractivity contribution in [2.45, 2.75) is 141 Å². The molecule has 0 aromatic rings. The summed E-state index contributed by atoms with van der Waals surface area (Å²) in [5.41, 5.74) is 2.87.